The number of carboxylic acid groups (broad SMARTS) is 1. The van der Waals surface area contributed by atoms with Gasteiger partial charge in [-0.3, -0.25) is 9.59 Å². The Morgan fingerprint density at radius 3 is 2.37 bits per heavy atom. The molecular formula is C15H19NO3. The number of aryl methyl sites for hydroxylation is 1. The highest BCUT2D eigenvalue weighted by Crippen LogP contribution is 2.09. The number of benzene rings is 1. The van der Waals surface area contributed by atoms with Crippen LogP contribution in [-0.4, -0.2) is 23.0 Å². The summed E-state index contributed by atoms with van der Waals surface area (Å²) >= 11 is 0. The minimum atomic E-state index is -0.879. The van der Waals surface area contributed by atoms with Gasteiger partial charge in [0.2, 0.25) is 0 Å². The molecule has 0 saturated carbocycles. The SMILES string of the molecule is C=C(C)C(CCC(=O)O)NC(=O)c1ccc(C)cc1. The van der Waals surface area contributed by atoms with Gasteiger partial charge >= 0.3 is 5.97 Å². The lowest BCUT2D eigenvalue weighted by atomic mass is 10.0. The van der Waals surface area contributed by atoms with Gasteiger partial charge in [0.05, 0.1) is 6.04 Å². The standard InChI is InChI=1S/C15H19NO3/c1-10(2)13(8-9-14(17)18)16-15(19)12-6-4-11(3)5-7-12/h4-7,13H,1,8-9H2,2-3H3,(H,16,19)(H,17,18). The molecule has 1 amide bonds. The van der Waals surface area contributed by atoms with E-state index in [0.29, 0.717) is 12.0 Å². The molecule has 0 radical (unpaired) electrons. The fraction of sp³-hybridized carbons (Fsp3) is 0.333. The summed E-state index contributed by atoms with van der Waals surface area (Å²) in [6.07, 6.45) is 0.355. The number of carboxylic acids is 1. The van der Waals surface area contributed by atoms with Crippen molar-refractivity contribution in [2.75, 3.05) is 0 Å². The van der Waals surface area contributed by atoms with Crippen molar-refractivity contribution in [3.63, 3.8) is 0 Å². The van der Waals surface area contributed by atoms with Gasteiger partial charge in [-0.2, -0.15) is 0 Å². The maximum atomic E-state index is 12.0. The molecule has 0 aromatic heterocycles. The number of rotatable bonds is 6. The highest BCUT2D eigenvalue weighted by atomic mass is 16.4. The molecule has 1 aromatic rings. The zero-order chi connectivity index (χ0) is 14.4. The molecule has 0 aliphatic heterocycles. The van der Waals surface area contributed by atoms with Crippen LogP contribution < -0.4 is 5.32 Å². The third kappa shape index (κ3) is 4.95. The Balaban J connectivity index is 2.68. The fourth-order valence-electron chi connectivity index (χ4n) is 1.66. The molecule has 1 aromatic carbocycles. The Kier molecular flexibility index (Phi) is 5.30. The second kappa shape index (κ2) is 6.73. The maximum Gasteiger partial charge on any atom is 0.303 e. The zero-order valence-corrected chi connectivity index (χ0v) is 11.3. The molecule has 4 nitrogen and oxygen atoms in total. The lowest BCUT2D eigenvalue weighted by Gasteiger charge is -2.18. The monoisotopic (exact) mass is 261 g/mol. The number of nitrogens with one attached hydrogen (secondary N) is 1. The number of hydrogen-bond acceptors (Lipinski definition) is 2. The number of hydrogen-bond donors (Lipinski definition) is 2. The van der Waals surface area contributed by atoms with E-state index in [4.69, 9.17) is 5.11 Å². The molecular weight excluding hydrogens is 242 g/mol. The molecule has 1 unspecified atom stereocenters. The lowest BCUT2D eigenvalue weighted by Crippen LogP contribution is -2.35. The summed E-state index contributed by atoms with van der Waals surface area (Å²) in [4.78, 5) is 22.6. The van der Waals surface area contributed by atoms with Gasteiger partial charge in [0.1, 0.15) is 0 Å². The second-order valence-corrected chi connectivity index (χ2v) is 4.67. The van der Waals surface area contributed by atoms with E-state index in [9.17, 15) is 9.59 Å². The number of amides is 1. The van der Waals surface area contributed by atoms with E-state index < -0.39 is 5.97 Å². The average Bonchev–Trinajstić information content (AvgIpc) is 2.34. The van der Waals surface area contributed by atoms with Crippen LogP contribution in [0.2, 0.25) is 0 Å². The van der Waals surface area contributed by atoms with E-state index in [-0.39, 0.29) is 18.4 Å². The van der Waals surface area contributed by atoms with E-state index in [1.807, 2.05) is 19.1 Å². The van der Waals surface area contributed by atoms with E-state index in [2.05, 4.69) is 11.9 Å². The van der Waals surface area contributed by atoms with Gasteiger partial charge in [-0.15, -0.1) is 0 Å². The molecule has 0 fully saturated rings. The summed E-state index contributed by atoms with van der Waals surface area (Å²) in [6.45, 7) is 7.52. The van der Waals surface area contributed by atoms with Crippen molar-refractivity contribution in [1.82, 2.24) is 5.32 Å². The molecule has 0 bridgehead atoms. The molecule has 0 heterocycles. The fourth-order valence-corrected chi connectivity index (χ4v) is 1.66. The van der Waals surface area contributed by atoms with Crippen molar-refractivity contribution in [2.45, 2.75) is 32.7 Å². The van der Waals surface area contributed by atoms with Gasteiger partial charge in [0.25, 0.3) is 5.91 Å². The van der Waals surface area contributed by atoms with Crippen molar-refractivity contribution >= 4 is 11.9 Å². The number of carbonyl (C=O) groups excluding carboxylic acids is 1. The predicted molar refractivity (Wildman–Crippen MR) is 74.1 cm³/mol. The smallest absolute Gasteiger partial charge is 0.303 e. The summed E-state index contributed by atoms with van der Waals surface area (Å²) in [5.74, 6) is -1.09. The molecule has 2 N–H and O–H groups in total. The first-order chi connectivity index (χ1) is 8.90. The number of carbonyl (C=O) groups is 2. The third-order valence-corrected chi connectivity index (χ3v) is 2.86. The summed E-state index contributed by atoms with van der Waals surface area (Å²) in [5, 5.41) is 11.5. The molecule has 0 aliphatic rings. The largest absolute Gasteiger partial charge is 0.481 e. The van der Waals surface area contributed by atoms with Crippen LogP contribution in [-0.2, 0) is 4.79 Å². The van der Waals surface area contributed by atoms with Crippen LogP contribution in [0.4, 0.5) is 0 Å². The van der Waals surface area contributed by atoms with Crippen LogP contribution in [0.25, 0.3) is 0 Å². The normalized spacial score (nSPS) is 11.7. The highest BCUT2D eigenvalue weighted by molar-refractivity contribution is 5.94. The Labute approximate surface area is 113 Å². The first-order valence-electron chi connectivity index (χ1n) is 6.15. The summed E-state index contributed by atoms with van der Waals surface area (Å²) in [7, 11) is 0. The van der Waals surface area contributed by atoms with Gasteiger partial charge < -0.3 is 10.4 Å². The van der Waals surface area contributed by atoms with Crippen molar-refractivity contribution in [3.8, 4) is 0 Å². The van der Waals surface area contributed by atoms with Gasteiger partial charge in [-0.05, 0) is 32.4 Å². The first-order valence-corrected chi connectivity index (χ1v) is 6.15. The topological polar surface area (TPSA) is 66.4 Å². The van der Waals surface area contributed by atoms with Gasteiger partial charge in [-0.1, -0.05) is 29.8 Å². The summed E-state index contributed by atoms with van der Waals surface area (Å²) in [6, 6.07) is 6.91. The van der Waals surface area contributed by atoms with E-state index in [0.717, 1.165) is 11.1 Å². The lowest BCUT2D eigenvalue weighted by molar-refractivity contribution is -0.137. The van der Waals surface area contributed by atoms with E-state index >= 15 is 0 Å². The highest BCUT2D eigenvalue weighted by Gasteiger charge is 2.15. The number of aliphatic carboxylic acids is 1. The van der Waals surface area contributed by atoms with Crippen LogP contribution in [0.5, 0.6) is 0 Å². The molecule has 0 spiro atoms. The van der Waals surface area contributed by atoms with Gasteiger partial charge in [-0.25, -0.2) is 0 Å². The molecule has 0 aliphatic carbocycles. The predicted octanol–water partition coefficient (Wildman–Crippen LogP) is 2.53. The van der Waals surface area contributed by atoms with Crippen LogP contribution in [0.15, 0.2) is 36.4 Å². The molecule has 0 saturated heterocycles. The van der Waals surface area contributed by atoms with Crippen molar-refractivity contribution in [1.29, 1.82) is 0 Å². The Morgan fingerprint density at radius 1 is 1.32 bits per heavy atom. The molecule has 102 valence electrons. The molecule has 1 rings (SSSR count). The minimum Gasteiger partial charge on any atom is -0.481 e. The van der Waals surface area contributed by atoms with Crippen LogP contribution in [0, 0.1) is 6.92 Å². The van der Waals surface area contributed by atoms with E-state index in [1.165, 1.54) is 0 Å². The molecule has 4 heteroatoms. The minimum absolute atomic E-state index is 0.00566. The van der Waals surface area contributed by atoms with Crippen LogP contribution in [0.3, 0.4) is 0 Å². The summed E-state index contributed by atoms with van der Waals surface area (Å²) in [5.41, 5.74) is 2.40. The Morgan fingerprint density at radius 2 is 1.89 bits per heavy atom. The summed E-state index contributed by atoms with van der Waals surface area (Å²) < 4.78 is 0. The van der Waals surface area contributed by atoms with Crippen molar-refractivity contribution in [3.05, 3.63) is 47.5 Å². The maximum absolute atomic E-state index is 12.0. The zero-order valence-electron chi connectivity index (χ0n) is 11.3. The van der Waals surface area contributed by atoms with Crippen molar-refractivity contribution < 1.29 is 14.7 Å². The molecule has 19 heavy (non-hydrogen) atoms. The molecule has 1 atom stereocenters. The Bertz CT molecular complexity index is 477. The van der Waals surface area contributed by atoms with Crippen molar-refractivity contribution in [2.24, 2.45) is 0 Å². The average molecular weight is 261 g/mol. The Hall–Kier alpha value is -2.10. The van der Waals surface area contributed by atoms with Crippen LogP contribution in [0.1, 0.15) is 35.7 Å². The van der Waals surface area contributed by atoms with Gasteiger partial charge in [0.15, 0.2) is 0 Å². The first kappa shape index (κ1) is 15.0. The van der Waals surface area contributed by atoms with Gasteiger partial charge in [0, 0.05) is 12.0 Å². The van der Waals surface area contributed by atoms with E-state index in [1.54, 1.807) is 19.1 Å². The third-order valence-electron chi connectivity index (χ3n) is 2.86. The second-order valence-electron chi connectivity index (χ2n) is 4.67. The quantitative estimate of drug-likeness (QED) is 0.773. The van der Waals surface area contributed by atoms with Crippen LogP contribution >= 0.6 is 0 Å².